The lowest BCUT2D eigenvalue weighted by Crippen LogP contribution is -2.41. The molecule has 2 aromatic rings. The van der Waals surface area contributed by atoms with Crippen LogP contribution in [0.25, 0.3) is 10.9 Å². The first-order valence-electron chi connectivity index (χ1n) is 9.37. The van der Waals surface area contributed by atoms with Crippen LogP contribution in [0, 0.1) is 0 Å². The van der Waals surface area contributed by atoms with Crippen molar-refractivity contribution < 1.29 is 4.74 Å². The van der Waals surface area contributed by atoms with Gasteiger partial charge in [-0.2, -0.15) is 0 Å². The number of ether oxygens (including phenoxy) is 1. The minimum Gasteiger partial charge on any atom is -0.490 e. The zero-order valence-electron chi connectivity index (χ0n) is 15.1. The number of likely N-dealkylation sites (tertiary alicyclic amines) is 1. The molecule has 2 aliphatic rings. The maximum atomic E-state index is 6.30. The summed E-state index contributed by atoms with van der Waals surface area (Å²) in [6, 6.07) is 10.1. The molecule has 24 heavy (non-hydrogen) atoms. The monoisotopic (exact) mass is 327 g/mol. The van der Waals surface area contributed by atoms with E-state index in [4.69, 9.17) is 4.74 Å². The SMILES string of the molecule is CC(C)N1CCC(Oc2ccc3c(c2)cc2n3[C@H](C)CNC2)CC1. The molecular weight excluding hydrogens is 298 g/mol. The second-order valence-corrected chi connectivity index (χ2v) is 7.65. The summed E-state index contributed by atoms with van der Waals surface area (Å²) >= 11 is 0. The highest BCUT2D eigenvalue weighted by Gasteiger charge is 2.23. The van der Waals surface area contributed by atoms with Gasteiger partial charge < -0.3 is 19.5 Å². The molecule has 0 spiro atoms. The number of nitrogens with one attached hydrogen (secondary N) is 1. The van der Waals surface area contributed by atoms with Gasteiger partial charge in [0, 0.05) is 54.9 Å². The topological polar surface area (TPSA) is 29.4 Å². The molecule has 0 amide bonds. The normalized spacial score (nSPS) is 22.9. The van der Waals surface area contributed by atoms with E-state index in [2.05, 4.69) is 59.8 Å². The van der Waals surface area contributed by atoms with Crippen LogP contribution in [-0.2, 0) is 6.54 Å². The predicted octanol–water partition coefficient (Wildman–Crippen LogP) is 3.56. The highest BCUT2D eigenvalue weighted by atomic mass is 16.5. The van der Waals surface area contributed by atoms with Gasteiger partial charge in [0.1, 0.15) is 11.9 Å². The number of fused-ring (bicyclic) bond motifs is 3. The molecule has 130 valence electrons. The summed E-state index contributed by atoms with van der Waals surface area (Å²) in [4.78, 5) is 2.54. The summed E-state index contributed by atoms with van der Waals surface area (Å²) in [5.74, 6) is 1.02. The number of nitrogens with zero attached hydrogens (tertiary/aromatic N) is 2. The Morgan fingerprint density at radius 1 is 1.17 bits per heavy atom. The average Bonchev–Trinajstić information content (AvgIpc) is 2.94. The standard InChI is InChI=1S/C20H29N3O/c1-14(2)22-8-6-18(7-9-22)24-19-4-5-20-16(11-19)10-17-13-21-12-15(3)23(17)20/h4-5,10-11,14-15,18,21H,6-9,12-13H2,1-3H3/t15-/m1/s1. The predicted molar refractivity (Wildman–Crippen MR) is 98.7 cm³/mol. The van der Waals surface area contributed by atoms with Crippen LogP contribution < -0.4 is 10.1 Å². The molecule has 0 aliphatic carbocycles. The number of hydrogen-bond acceptors (Lipinski definition) is 3. The highest BCUT2D eigenvalue weighted by molar-refractivity contribution is 5.83. The summed E-state index contributed by atoms with van der Waals surface area (Å²) in [6.07, 6.45) is 2.61. The molecule has 1 saturated heterocycles. The van der Waals surface area contributed by atoms with Gasteiger partial charge in [-0.3, -0.25) is 0 Å². The molecule has 0 bridgehead atoms. The van der Waals surface area contributed by atoms with E-state index >= 15 is 0 Å². The molecule has 0 unspecified atom stereocenters. The van der Waals surface area contributed by atoms with E-state index in [1.165, 1.54) is 16.6 Å². The fourth-order valence-electron chi connectivity index (χ4n) is 4.20. The number of piperidine rings is 1. The first kappa shape index (κ1) is 16.0. The summed E-state index contributed by atoms with van der Waals surface area (Å²) < 4.78 is 8.77. The van der Waals surface area contributed by atoms with Crippen LogP contribution in [-0.4, -0.2) is 41.2 Å². The minimum atomic E-state index is 0.357. The molecule has 1 N–H and O–H groups in total. The molecule has 4 nitrogen and oxygen atoms in total. The lowest BCUT2D eigenvalue weighted by Gasteiger charge is -2.34. The average molecular weight is 327 g/mol. The van der Waals surface area contributed by atoms with E-state index in [0.29, 0.717) is 18.2 Å². The second kappa shape index (κ2) is 6.41. The fourth-order valence-corrected chi connectivity index (χ4v) is 4.20. The van der Waals surface area contributed by atoms with E-state index in [-0.39, 0.29) is 0 Å². The minimum absolute atomic E-state index is 0.357. The van der Waals surface area contributed by atoms with Crippen LogP contribution in [0.2, 0.25) is 0 Å². The van der Waals surface area contributed by atoms with Crippen LogP contribution in [0.4, 0.5) is 0 Å². The smallest absolute Gasteiger partial charge is 0.120 e. The number of benzene rings is 1. The molecule has 4 rings (SSSR count). The third-order valence-corrected chi connectivity index (χ3v) is 5.59. The molecule has 1 aromatic heterocycles. The Labute approximate surface area is 144 Å². The number of aromatic nitrogens is 1. The molecule has 2 aliphatic heterocycles. The molecule has 1 atom stereocenters. The molecular formula is C20H29N3O. The molecule has 3 heterocycles. The third kappa shape index (κ3) is 2.93. The number of rotatable bonds is 3. The second-order valence-electron chi connectivity index (χ2n) is 7.65. The van der Waals surface area contributed by atoms with Crippen molar-refractivity contribution in [3.05, 3.63) is 30.0 Å². The highest BCUT2D eigenvalue weighted by Crippen LogP contribution is 2.30. The number of hydrogen-bond donors (Lipinski definition) is 1. The summed E-state index contributed by atoms with van der Waals surface area (Å²) in [6.45, 7) is 11.1. The van der Waals surface area contributed by atoms with Gasteiger partial charge in [0.15, 0.2) is 0 Å². The van der Waals surface area contributed by atoms with E-state index in [0.717, 1.165) is 44.8 Å². The van der Waals surface area contributed by atoms with Crippen molar-refractivity contribution in [2.75, 3.05) is 19.6 Å². The Kier molecular flexibility index (Phi) is 4.27. The zero-order valence-corrected chi connectivity index (χ0v) is 15.1. The molecule has 0 radical (unpaired) electrons. The van der Waals surface area contributed by atoms with Gasteiger partial charge >= 0.3 is 0 Å². The quantitative estimate of drug-likeness (QED) is 0.935. The van der Waals surface area contributed by atoms with Gasteiger partial charge in [0.2, 0.25) is 0 Å². The molecule has 1 fully saturated rings. The van der Waals surface area contributed by atoms with Gasteiger partial charge in [-0.05, 0) is 57.9 Å². The maximum Gasteiger partial charge on any atom is 0.120 e. The largest absolute Gasteiger partial charge is 0.490 e. The molecule has 4 heteroatoms. The Morgan fingerprint density at radius 3 is 2.71 bits per heavy atom. The molecule has 0 saturated carbocycles. The van der Waals surface area contributed by atoms with Gasteiger partial charge in [0.25, 0.3) is 0 Å². The lowest BCUT2D eigenvalue weighted by atomic mass is 10.1. The van der Waals surface area contributed by atoms with Crippen molar-refractivity contribution in [2.24, 2.45) is 0 Å². The van der Waals surface area contributed by atoms with E-state index in [1.54, 1.807) is 0 Å². The van der Waals surface area contributed by atoms with Crippen molar-refractivity contribution in [1.29, 1.82) is 0 Å². The Hall–Kier alpha value is -1.52. The third-order valence-electron chi connectivity index (χ3n) is 5.59. The lowest BCUT2D eigenvalue weighted by molar-refractivity contribution is 0.0844. The summed E-state index contributed by atoms with van der Waals surface area (Å²) in [5.41, 5.74) is 2.71. The van der Waals surface area contributed by atoms with Crippen LogP contribution in [0.5, 0.6) is 5.75 Å². The fraction of sp³-hybridized carbons (Fsp3) is 0.600. The van der Waals surface area contributed by atoms with Crippen LogP contribution in [0.15, 0.2) is 24.3 Å². The van der Waals surface area contributed by atoms with E-state index in [9.17, 15) is 0 Å². The van der Waals surface area contributed by atoms with Crippen LogP contribution >= 0.6 is 0 Å². The van der Waals surface area contributed by atoms with Crippen molar-refractivity contribution in [2.45, 2.75) is 58.3 Å². The van der Waals surface area contributed by atoms with Crippen LogP contribution in [0.3, 0.4) is 0 Å². The van der Waals surface area contributed by atoms with Gasteiger partial charge in [0.05, 0.1) is 0 Å². The Morgan fingerprint density at radius 2 is 1.96 bits per heavy atom. The van der Waals surface area contributed by atoms with Crippen LogP contribution in [0.1, 0.15) is 45.3 Å². The molecule has 1 aromatic carbocycles. The van der Waals surface area contributed by atoms with Gasteiger partial charge in [-0.15, -0.1) is 0 Å². The first-order chi connectivity index (χ1) is 11.6. The maximum absolute atomic E-state index is 6.30. The first-order valence-corrected chi connectivity index (χ1v) is 9.37. The summed E-state index contributed by atoms with van der Waals surface area (Å²) in [7, 11) is 0. The van der Waals surface area contributed by atoms with Crippen molar-refractivity contribution in [3.63, 3.8) is 0 Å². The van der Waals surface area contributed by atoms with Crippen molar-refractivity contribution in [3.8, 4) is 5.75 Å². The Bertz CT molecular complexity index is 713. The Balaban J connectivity index is 1.50. The van der Waals surface area contributed by atoms with Gasteiger partial charge in [-0.1, -0.05) is 0 Å². The van der Waals surface area contributed by atoms with Crippen molar-refractivity contribution in [1.82, 2.24) is 14.8 Å². The summed E-state index contributed by atoms with van der Waals surface area (Å²) in [5, 5.41) is 4.79. The zero-order chi connectivity index (χ0) is 16.7. The van der Waals surface area contributed by atoms with E-state index < -0.39 is 0 Å². The van der Waals surface area contributed by atoms with Gasteiger partial charge in [-0.25, -0.2) is 0 Å². The van der Waals surface area contributed by atoms with E-state index in [1.807, 2.05) is 0 Å². The van der Waals surface area contributed by atoms with Crippen molar-refractivity contribution >= 4 is 10.9 Å².